The molecule has 0 bridgehead atoms. The third-order valence-corrected chi connectivity index (χ3v) is 5.65. The third-order valence-electron chi connectivity index (χ3n) is 5.65. The minimum atomic E-state index is 0.263. The van der Waals surface area contributed by atoms with Crippen LogP contribution in [0, 0.1) is 11.8 Å². The standard InChI is InChI=1S/C22H26N2O/c1-17-16-20(17)22(25)24-14-12-23(13-15-24)21(18-8-4-2-5-9-18)19-10-6-3-7-11-19/h2-11,17,20-21H,12-16H2,1H3/t17-,20?/m0/s1. The Kier molecular flexibility index (Phi) is 4.58. The lowest BCUT2D eigenvalue weighted by Crippen LogP contribution is -2.50. The number of hydrogen-bond acceptors (Lipinski definition) is 2. The van der Waals surface area contributed by atoms with E-state index in [1.807, 2.05) is 0 Å². The molecule has 1 amide bonds. The molecule has 2 atom stereocenters. The van der Waals surface area contributed by atoms with Crippen LogP contribution in [0.25, 0.3) is 0 Å². The molecule has 2 aliphatic rings. The van der Waals surface area contributed by atoms with Gasteiger partial charge in [-0.15, -0.1) is 0 Å². The lowest BCUT2D eigenvalue weighted by molar-refractivity contribution is -0.134. The maximum absolute atomic E-state index is 12.5. The van der Waals surface area contributed by atoms with Gasteiger partial charge in [0.1, 0.15) is 0 Å². The molecule has 0 radical (unpaired) electrons. The van der Waals surface area contributed by atoms with Gasteiger partial charge in [0.25, 0.3) is 0 Å². The molecule has 2 aromatic carbocycles. The maximum atomic E-state index is 12.5. The normalized spacial score (nSPS) is 23.7. The first-order valence-corrected chi connectivity index (χ1v) is 9.37. The number of nitrogens with zero attached hydrogens (tertiary/aromatic N) is 2. The van der Waals surface area contributed by atoms with Crippen LogP contribution in [-0.2, 0) is 4.79 Å². The Morgan fingerprint density at radius 1 is 0.880 bits per heavy atom. The van der Waals surface area contributed by atoms with E-state index in [0.717, 1.165) is 32.6 Å². The fraction of sp³-hybridized carbons (Fsp3) is 0.409. The Morgan fingerprint density at radius 3 is 1.80 bits per heavy atom. The van der Waals surface area contributed by atoms with E-state index in [-0.39, 0.29) is 6.04 Å². The smallest absolute Gasteiger partial charge is 0.226 e. The molecule has 2 aromatic rings. The van der Waals surface area contributed by atoms with Gasteiger partial charge in [0.15, 0.2) is 0 Å². The minimum Gasteiger partial charge on any atom is -0.340 e. The van der Waals surface area contributed by atoms with Gasteiger partial charge in [0, 0.05) is 32.1 Å². The first-order chi connectivity index (χ1) is 12.2. The molecule has 1 aliphatic carbocycles. The second-order valence-electron chi connectivity index (χ2n) is 7.40. The average molecular weight is 334 g/mol. The summed E-state index contributed by atoms with van der Waals surface area (Å²) >= 11 is 0. The van der Waals surface area contributed by atoms with Gasteiger partial charge in [-0.25, -0.2) is 0 Å². The van der Waals surface area contributed by atoms with Gasteiger partial charge in [-0.3, -0.25) is 9.69 Å². The van der Waals surface area contributed by atoms with E-state index < -0.39 is 0 Å². The van der Waals surface area contributed by atoms with Gasteiger partial charge >= 0.3 is 0 Å². The van der Waals surface area contributed by atoms with Crippen molar-refractivity contribution < 1.29 is 4.79 Å². The summed E-state index contributed by atoms with van der Waals surface area (Å²) in [6, 6.07) is 21.7. The SMILES string of the molecule is C[C@H]1CC1C(=O)N1CCN(C(c2ccccc2)c2ccccc2)CC1. The number of carbonyl (C=O) groups excluding carboxylic acids is 1. The quantitative estimate of drug-likeness (QED) is 0.853. The van der Waals surface area contributed by atoms with Crippen molar-refractivity contribution in [1.82, 2.24) is 9.80 Å². The van der Waals surface area contributed by atoms with Crippen molar-refractivity contribution in [3.8, 4) is 0 Å². The van der Waals surface area contributed by atoms with Crippen molar-refractivity contribution >= 4 is 5.91 Å². The largest absolute Gasteiger partial charge is 0.340 e. The van der Waals surface area contributed by atoms with Crippen molar-refractivity contribution in [3.05, 3.63) is 71.8 Å². The highest BCUT2D eigenvalue weighted by atomic mass is 16.2. The van der Waals surface area contributed by atoms with Gasteiger partial charge in [0.05, 0.1) is 6.04 Å². The fourth-order valence-electron chi connectivity index (χ4n) is 3.99. The minimum absolute atomic E-state index is 0.263. The molecule has 1 saturated carbocycles. The summed E-state index contributed by atoms with van der Waals surface area (Å²) in [7, 11) is 0. The highest BCUT2D eigenvalue weighted by molar-refractivity contribution is 5.81. The number of rotatable bonds is 4. The molecule has 3 heteroatoms. The highest BCUT2D eigenvalue weighted by Crippen LogP contribution is 2.39. The summed E-state index contributed by atoms with van der Waals surface area (Å²) < 4.78 is 0. The number of carbonyl (C=O) groups is 1. The molecule has 1 unspecified atom stereocenters. The molecular weight excluding hydrogens is 308 g/mol. The van der Waals surface area contributed by atoms with Crippen molar-refractivity contribution in [2.24, 2.45) is 11.8 Å². The summed E-state index contributed by atoms with van der Waals surface area (Å²) in [5, 5.41) is 0. The Morgan fingerprint density at radius 2 is 1.36 bits per heavy atom. The molecule has 130 valence electrons. The molecular formula is C22H26N2O. The molecule has 1 saturated heterocycles. The number of amides is 1. The molecule has 0 aromatic heterocycles. The Hall–Kier alpha value is -2.13. The highest BCUT2D eigenvalue weighted by Gasteiger charge is 2.42. The van der Waals surface area contributed by atoms with Crippen LogP contribution in [0.15, 0.2) is 60.7 Å². The van der Waals surface area contributed by atoms with E-state index in [1.165, 1.54) is 11.1 Å². The van der Waals surface area contributed by atoms with Crippen molar-refractivity contribution in [2.75, 3.05) is 26.2 Å². The second kappa shape index (κ2) is 7.01. The van der Waals surface area contributed by atoms with Crippen LogP contribution in [0.4, 0.5) is 0 Å². The zero-order valence-corrected chi connectivity index (χ0v) is 14.8. The van der Waals surface area contributed by atoms with Gasteiger partial charge in [-0.1, -0.05) is 67.6 Å². The second-order valence-corrected chi connectivity index (χ2v) is 7.40. The van der Waals surface area contributed by atoms with Gasteiger partial charge < -0.3 is 4.90 Å². The Bertz CT molecular complexity index is 668. The third kappa shape index (κ3) is 3.47. The summed E-state index contributed by atoms with van der Waals surface area (Å²) in [6.07, 6.45) is 1.08. The molecule has 1 heterocycles. The van der Waals surface area contributed by atoms with Crippen LogP contribution < -0.4 is 0 Å². The maximum Gasteiger partial charge on any atom is 0.226 e. The lowest BCUT2D eigenvalue weighted by atomic mass is 9.96. The summed E-state index contributed by atoms with van der Waals surface area (Å²) in [5.41, 5.74) is 2.65. The Balaban J connectivity index is 1.50. The molecule has 4 rings (SSSR count). The molecule has 25 heavy (non-hydrogen) atoms. The topological polar surface area (TPSA) is 23.6 Å². The van der Waals surface area contributed by atoms with Crippen LogP contribution in [0.1, 0.15) is 30.5 Å². The predicted octanol–water partition coefficient (Wildman–Crippen LogP) is 3.58. The molecule has 2 fully saturated rings. The zero-order valence-electron chi connectivity index (χ0n) is 14.8. The van der Waals surface area contributed by atoms with Crippen molar-refractivity contribution in [1.29, 1.82) is 0 Å². The van der Waals surface area contributed by atoms with E-state index in [4.69, 9.17) is 0 Å². The first kappa shape index (κ1) is 16.3. The van der Waals surface area contributed by atoms with E-state index in [2.05, 4.69) is 77.4 Å². The average Bonchev–Trinajstić information content (AvgIpc) is 3.40. The number of hydrogen-bond donors (Lipinski definition) is 0. The van der Waals surface area contributed by atoms with Crippen LogP contribution in [0.2, 0.25) is 0 Å². The Labute approximate surface area is 150 Å². The lowest BCUT2D eigenvalue weighted by Gasteiger charge is -2.40. The van der Waals surface area contributed by atoms with E-state index in [1.54, 1.807) is 0 Å². The van der Waals surface area contributed by atoms with Crippen LogP contribution in [-0.4, -0.2) is 41.9 Å². The van der Waals surface area contributed by atoms with E-state index in [0.29, 0.717) is 17.7 Å². The van der Waals surface area contributed by atoms with Gasteiger partial charge in [0.2, 0.25) is 5.91 Å². The van der Waals surface area contributed by atoms with Crippen LogP contribution in [0.5, 0.6) is 0 Å². The van der Waals surface area contributed by atoms with Crippen LogP contribution >= 0.6 is 0 Å². The van der Waals surface area contributed by atoms with Gasteiger partial charge in [-0.2, -0.15) is 0 Å². The molecule has 3 nitrogen and oxygen atoms in total. The first-order valence-electron chi connectivity index (χ1n) is 9.37. The van der Waals surface area contributed by atoms with Crippen LogP contribution in [0.3, 0.4) is 0 Å². The summed E-state index contributed by atoms with van der Waals surface area (Å²) in [4.78, 5) is 17.1. The fourth-order valence-corrected chi connectivity index (χ4v) is 3.99. The molecule has 0 spiro atoms. The molecule has 1 aliphatic heterocycles. The predicted molar refractivity (Wildman–Crippen MR) is 100 cm³/mol. The number of benzene rings is 2. The van der Waals surface area contributed by atoms with Crippen molar-refractivity contribution in [3.63, 3.8) is 0 Å². The molecule has 0 N–H and O–H groups in total. The van der Waals surface area contributed by atoms with Gasteiger partial charge in [-0.05, 0) is 23.5 Å². The summed E-state index contributed by atoms with van der Waals surface area (Å²) in [5.74, 6) is 1.26. The van der Waals surface area contributed by atoms with E-state index >= 15 is 0 Å². The number of piperazine rings is 1. The summed E-state index contributed by atoms with van der Waals surface area (Å²) in [6.45, 7) is 5.73. The zero-order chi connectivity index (χ0) is 17.2. The monoisotopic (exact) mass is 334 g/mol. The van der Waals surface area contributed by atoms with Crippen molar-refractivity contribution in [2.45, 2.75) is 19.4 Å². The van der Waals surface area contributed by atoms with E-state index in [9.17, 15) is 4.79 Å².